The van der Waals surface area contributed by atoms with E-state index in [0.29, 0.717) is 5.56 Å². The average Bonchev–Trinajstić information content (AvgIpc) is 2.62. The van der Waals surface area contributed by atoms with Crippen molar-refractivity contribution in [1.29, 1.82) is 0 Å². The summed E-state index contributed by atoms with van der Waals surface area (Å²) >= 11 is 6.10. The highest BCUT2D eigenvalue weighted by Crippen LogP contribution is 2.25. The molecule has 3 amide bonds. The van der Waals surface area contributed by atoms with E-state index in [-0.39, 0.29) is 42.4 Å². The number of rotatable bonds is 4. The van der Waals surface area contributed by atoms with E-state index in [1.54, 1.807) is 18.0 Å². The van der Waals surface area contributed by atoms with Crippen molar-refractivity contribution in [3.05, 3.63) is 28.8 Å². The van der Waals surface area contributed by atoms with Crippen molar-refractivity contribution >= 4 is 29.2 Å². The zero-order valence-corrected chi connectivity index (χ0v) is 15.6. The van der Waals surface area contributed by atoms with Gasteiger partial charge in [0.1, 0.15) is 6.10 Å². The maximum absolute atomic E-state index is 12.8. The number of carbonyl (C=O) groups is 2. The van der Waals surface area contributed by atoms with Gasteiger partial charge in [-0.3, -0.25) is 4.79 Å². The van der Waals surface area contributed by atoms with Crippen LogP contribution in [0.2, 0.25) is 5.02 Å². The quantitative estimate of drug-likeness (QED) is 0.859. The fourth-order valence-electron chi connectivity index (χ4n) is 2.40. The topological polar surface area (TPSA) is 61.9 Å². The second kappa shape index (κ2) is 8.64. The van der Waals surface area contributed by atoms with Crippen LogP contribution >= 0.6 is 11.6 Å². The number of anilines is 1. The molecule has 0 spiro atoms. The van der Waals surface area contributed by atoms with Gasteiger partial charge in [-0.15, -0.1) is 0 Å². The van der Waals surface area contributed by atoms with Crippen LogP contribution in [0.5, 0.6) is 0 Å². The third-order valence-electron chi connectivity index (χ3n) is 4.21. The fraction of sp³-hybridized carbons (Fsp3) is 0.529. The van der Waals surface area contributed by atoms with E-state index in [0.717, 1.165) is 0 Å². The van der Waals surface area contributed by atoms with Crippen molar-refractivity contribution in [3.8, 4) is 0 Å². The van der Waals surface area contributed by atoms with Gasteiger partial charge in [0.15, 0.2) is 0 Å². The van der Waals surface area contributed by atoms with Gasteiger partial charge in [0.05, 0.1) is 23.9 Å². The maximum atomic E-state index is 12.8. The van der Waals surface area contributed by atoms with Crippen LogP contribution in [0.4, 0.5) is 19.3 Å². The molecular weight excluding hydrogens is 368 g/mol. The monoisotopic (exact) mass is 389 g/mol. The summed E-state index contributed by atoms with van der Waals surface area (Å²) in [5, 5.41) is 2.84. The van der Waals surface area contributed by atoms with E-state index in [2.05, 4.69) is 5.32 Å². The molecule has 1 N–H and O–H groups in total. The first-order valence-electron chi connectivity index (χ1n) is 8.23. The summed E-state index contributed by atoms with van der Waals surface area (Å²) < 4.78 is 30.5. The fourth-order valence-corrected chi connectivity index (χ4v) is 2.56. The molecule has 1 aliphatic rings. The number of nitrogens with zero attached hydrogens (tertiary/aromatic N) is 2. The minimum Gasteiger partial charge on any atom is -0.369 e. The van der Waals surface area contributed by atoms with Crippen LogP contribution in [-0.2, 0) is 4.74 Å². The highest BCUT2D eigenvalue weighted by Gasteiger charge is 2.30. The Labute approximate surface area is 156 Å². The Kier molecular flexibility index (Phi) is 6.77. The number of amides is 3. The molecule has 0 aliphatic carbocycles. The van der Waals surface area contributed by atoms with Crippen LogP contribution in [-0.4, -0.2) is 67.1 Å². The molecule has 6 nitrogen and oxygen atoms in total. The summed E-state index contributed by atoms with van der Waals surface area (Å²) in [5.41, 5.74) is 0.619. The molecular formula is C17H22ClF2N3O3. The van der Waals surface area contributed by atoms with E-state index in [9.17, 15) is 18.4 Å². The third kappa shape index (κ3) is 4.82. The molecule has 0 saturated carbocycles. The molecule has 1 fully saturated rings. The van der Waals surface area contributed by atoms with Gasteiger partial charge in [-0.2, -0.15) is 0 Å². The molecule has 26 heavy (non-hydrogen) atoms. The van der Waals surface area contributed by atoms with Crippen molar-refractivity contribution in [2.24, 2.45) is 0 Å². The Bertz CT molecular complexity index is 673. The van der Waals surface area contributed by atoms with Crippen molar-refractivity contribution < 1.29 is 23.1 Å². The van der Waals surface area contributed by atoms with Gasteiger partial charge in [0.2, 0.25) is 0 Å². The highest BCUT2D eigenvalue weighted by molar-refractivity contribution is 6.33. The van der Waals surface area contributed by atoms with E-state index in [1.807, 2.05) is 13.8 Å². The van der Waals surface area contributed by atoms with Gasteiger partial charge >= 0.3 is 6.03 Å². The highest BCUT2D eigenvalue weighted by atomic mass is 35.5. The Hall–Kier alpha value is -1.93. The number of alkyl halides is 2. The molecule has 2 rings (SSSR count). The van der Waals surface area contributed by atoms with Crippen molar-refractivity contribution in [1.82, 2.24) is 9.80 Å². The van der Waals surface area contributed by atoms with Gasteiger partial charge in [-0.25, -0.2) is 13.6 Å². The zero-order valence-electron chi connectivity index (χ0n) is 14.8. The molecule has 0 aromatic heterocycles. The molecule has 9 heteroatoms. The second-order valence-corrected chi connectivity index (χ2v) is 6.73. The lowest BCUT2D eigenvalue weighted by Crippen LogP contribution is -2.49. The molecule has 1 aromatic carbocycles. The van der Waals surface area contributed by atoms with Crippen molar-refractivity contribution in [3.63, 3.8) is 0 Å². The molecule has 144 valence electrons. The number of nitrogens with one attached hydrogen (secondary N) is 1. The second-order valence-electron chi connectivity index (χ2n) is 6.32. The predicted octanol–water partition coefficient (Wildman–Crippen LogP) is 3.32. The minimum atomic E-state index is -2.67. The molecule has 1 saturated heterocycles. The SMILES string of the molecule is CC(C)N(C)C(=O)c1ccc(Cl)c(NC(=O)N2CCOC(C(F)F)C2)c1. The first kappa shape index (κ1) is 20.4. The van der Waals surface area contributed by atoms with Crippen LogP contribution in [0.15, 0.2) is 18.2 Å². The smallest absolute Gasteiger partial charge is 0.322 e. The average molecular weight is 390 g/mol. The summed E-state index contributed by atoms with van der Waals surface area (Å²) in [6.07, 6.45) is -3.97. The Morgan fingerprint density at radius 1 is 1.38 bits per heavy atom. The van der Waals surface area contributed by atoms with E-state index in [4.69, 9.17) is 16.3 Å². The molecule has 1 heterocycles. The summed E-state index contributed by atoms with van der Waals surface area (Å²) in [6, 6.07) is 4.01. The number of ether oxygens (including phenoxy) is 1. The molecule has 0 radical (unpaired) electrons. The normalized spacial score (nSPS) is 17.5. The first-order chi connectivity index (χ1) is 12.2. The molecule has 1 unspecified atom stereocenters. The molecule has 1 aliphatic heterocycles. The number of carbonyl (C=O) groups excluding carboxylic acids is 2. The van der Waals surface area contributed by atoms with Crippen LogP contribution < -0.4 is 5.32 Å². The third-order valence-corrected chi connectivity index (χ3v) is 4.54. The van der Waals surface area contributed by atoms with Gasteiger partial charge in [0.25, 0.3) is 12.3 Å². The van der Waals surface area contributed by atoms with Crippen molar-refractivity contribution in [2.75, 3.05) is 32.1 Å². The van der Waals surface area contributed by atoms with E-state index < -0.39 is 18.6 Å². The van der Waals surface area contributed by atoms with Gasteiger partial charge in [0, 0.05) is 25.2 Å². The summed E-state index contributed by atoms with van der Waals surface area (Å²) in [4.78, 5) is 27.6. The van der Waals surface area contributed by atoms with Crippen molar-refractivity contribution in [2.45, 2.75) is 32.4 Å². The number of morpholine rings is 1. The van der Waals surface area contributed by atoms with Crippen LogP contribution in [0.25, 0.3) is 0 Å². The number of urea groups is 1. The van der Waals surface area contributed by atoms with E-state index in [1.165, 1.54) is 17.0 Å². The standard InChI is InChI=1S/C17H22ClF2N3O3/c1-10(2)22(3)16(24)11-4-5-12(18)13(8-11)21-17(25)23-6-7-26-14(9-23)15(19)20/h4-5,8,10,14-15H,6-7,9H2,1-3H3,(H,21,25). The summed E-state index contributed by atoms with van der Waals surface area (Å²) in [5.74, 6) is -0.212. The molecule has 1 aromatic rings. The lowest BCUT2D eigenvalue weighted by atomic mass is 10.1. The minimum absolute atomic E-state index is 0.0100. The number of halogens is 3. The summed E-state index contributed by atoms with van der Waals surface area (Å²) in [6.45, 7) is 3.79. The number of hydrogen-bond acceptors (Lipinski definition) is 3. The van der Waals surface area contributed by atoms with Crippen LogP contribution in [0, 0.1) is 0 Å². The van der Waals surface area contributed by atoms with Gasteiger partial charge in [-0.05, 0) is 32.0 Å². The lowest BCUT2D eigenvalue weighted by Gasteiger charge is -2.32. The Morgan fingerprint density at radius 2 is 2.08 bits per heavy atom. The predicted molar refractivity (Wildman–Crippen MR) is 95.0 cm³/mol. The largest absolute Gasteiger partial charge is 0.369 e. The Balaban J connectivity index is 2.12. The maximum Gasteiger partial charge on any atom is 0.322 e. The molecule has 0 bridgehead atoms. The van der Waals surface area contributed by atoms with Crippen LogP contribution in [0.3, 0.4) is 0 Å². The van der Waals surface area contributed by atoms with Gasteiger partial charge < -0.3 is 19.9 Å². The van der Waals surface area contributed by atoms with Gasteiger partial charge in [-0.1, -0.05) is 11.6 Å². The molecule has 1 atom stereocenters. The van der Waals surface area contributed by atoms with E-state index >= 15 is 0 Å². The first-order valence-corrected chi connectivity index (χ1v) is 8.61. The lowest BCUT2D eigenvalue weighted by molar-refractivity contribution is -0.0916. The van der Waals surface area contributed by atoms with Crippen LogP contribution in [0.1, 0.15) is 24.2 Å². The zero-order chi connectivity index (χ0) is 19.4. The number of benzene rings is 1. The number of hydrogen-bond donors (Lipinski definition) is 1. The summed E-state index contributed by atoms with van der Waals surface area (Å²) in [7, 11) is 1.68. The Morgan fingerprint density at radius 3 is 2.69 bits per heavy atom.